The van der Waals surface area contributed by atoms with Crippen LogP contribution >= 0.6 is 15.9 Å². The summed E-state index contributed by atoms with van der Waals surface area (Å²) in [7, 11) is 0. The van der Waals surface area contributed by atoms with Crippen molar-refractivity contribution in [1.82, 2.24) is 5.32 Å². The fourth-order valence-corrected chi connectivity index (χ4v) is 2.17. The van der Waals surface area contributed by atoms with Crippen LogP contribution in [0.4, 0.5) is 0 Å². The zero-order chi connectivity index (χ0) is 14.4. The topological polar surface area (TPSA) is 21.3 Å². The van der Waals surface area contributed by atoms with Gasteiger partial charge in [0.2, 0.25) is 0 Å². The summed E-state index contributed by atoms with van der Waals surface area (Å²) in [5, 5.41) is 3.41. The molecule has 0 atom stereocenters. The summed E-state index contributed by atoms with van der Waals surface area (Å²) in [5.41, 5.74) is 2.39. The summed E-state index contributed by atoms with van der Waals surface area (Å²) in [5.74, 6) is 1.78. The minimum absolute atomic E-state index is 0.856. The predicted octanol–water partition coefficient (Wildman–Crippen LogP) is 5.05. The highest BCUT2D eigenvalue weighted by molar-refractivity contribution is 9.10. The SMILES string of the molecule is CCCNCc1ccc(C)c(Oc2ccc(Br)cc2)c1. The quantitative estimate of drug-likeness (QED) is 0.747. The third-order valence-electron chi connectivity index (χ3n) is 3.05. The van der Waals surface area contributed by atoms with Crippen molar-refractivity contribution >= 4 is 15.9 Å². The number of hydrogen-bond donors (Lipinski definition) is 1. The zero-order valence-electron chi connectivity index (χ0n) is 11.9. The van der Waals surface area contributed by atoms with Crippen LogP contribution in [0.2, 0.25) is 0 Å². The van der Waals surface area contributed by atoms with Crippen LogP contribution in [-0.2, 0) is 6.54 Å². The fourth-order valence-electron chi connectivity index (χ4n) is 1.90. The van der Waals surface area contributed by atoms with E-state index in [0.717, 1.165) is 41.0 Å². The van der Waals surface area contributed by atoms with Gasteiger partial charge in [0, 0.05) is 11.0 Å². The molecule has 2 aromatic carbocycles. The second kappa shape index (κ2) is 7.46. The maximum atomic E-state index is 5.96. The number of benzene rings is 2. The summed E-state index contributed by atoms with van der Waals surface area (Å²) in [6, 6.07) is 14.3. The number of aryl methyl sites for hydroxylation is 1. The minimum Gasteiger partial charge on any atom is -0.457 e. The molecule has 1 N–H and O–H groups in total. The van der Waals surface area contributed by atoms with Crippen molar-refractivity contribution in [1.29, 1.82) is 0 Å². The van der Waals surface area contributed by atoms with Gasteiger partial charge in [0.25, 0.3) is 0 Å². The molecule has 0 fully saturated rings. The van der Waals surface area contributed by atoms with E-state index in [0.29, 0.717) is 0 Å². The maximum Gasteiger partial charge on any atom is 0.130 e. The normalized spacial score (nSPS) is 10.6. The van der Waals surface area contributed by atoms with Gasteiger partial charge in [0.05, 0.1) is 0 Å². The lowest BCUT2D eigenvalue weighted by Gasteiger charge is -2.11. The first-order valence-electron chi connectivity index (χ1n) is 6.92. The van der Waals surface area contributed by atoms with Gasteiger partial charge in [-0.3, -0.25) is 0 Å². The molecule has 20 heavy (non-hydrogen) atoms. The largest absolute Gasteiger partial charge is 0.457 e. The van der Waals surface area contributed by atoms with Gasteiger partial charge in [-0.25, -0.2) is 0 Å². The van der Waals surface area contributed by atoms with Crippen LogP contribution in [0, 0.1) is 6.92 Å². The van der Waals surface area contributed by atoms with Crippen molar-refractivity contribution in [3.05, 3.63) is 58.1 Å². The average Bonchev–Trinajstić information content (AvgIpc) is 2.45. The van der Waals surface area contributed by atoms with Crippen LogP contribution < -0.4 is 10.1 Å². The first-order chi connectivity index (χ1) is 9.69. The van der Waals surface area contributed by atoms with E-state index in [1.807, 2.05) is 24.3 Å². The summed E-state index contributed by atoms with van der Waals surface area (Å²) in [6.07, 6.45) is 1.15. The molecule has 2 rings (SSSR count). The second-order valence-corrected chi connectivity index (χ2v) is 5.75. The van der Waals surface area contributed by atoms with Gasteiger partial charge >= 0.3 is 0 Å². The molecule has 2 aromatic rings. The predicted molar refractivity (Wildman–Crippen MR) is 87.4 cm³/mol. The third kappa shape index (κ3) is 4.36. The molecule has 3 heteroatoms. The van der Waals surface area contributed by atoms with E-state index < -0.39 is 0 Å². The Morgan fingerprint density at radius 1 is 1.10 bits per heavy atom. The Hall–Kier alpha value is -1.32. The average molecular weight is 334 g/mol. The number of nitrogens with one attached hydrogen (secondary N) is 1. The van der Waals surface area contributed by atoms with Crippen LogP contribution in [0.3, 0.4) is 0 Å². The molecule has 0 spiro atoms. The van der Waals surface area contributed by atoms with Gasteiger partial charge in [-0.1, -0.05) is 35.0 Å². The molecule has 0 heterocycles. The molecule has 0 radical (unpaired) electrons. The summed E-state index contributed by atoms with van der Waals surface area (Å²) in [4.78, 5) is 0. The molecule has 106 valence electrons. The monoisotopic (exact) mass is 333 g/mol. The second-order valence-electron chi connectivity index (χ2n) is 4.83. The van der Waals surface area contributed by atoms with E-state index in [9.17, 15) is 0 Å². The highest BCUT2D eigenvalue weighted by atomic mass is 79.9. The molecule has 0 unspecified atom stereocenters. The lowest BCUT2D eigenvalue weighted by Crippen LogP contribution is -2.13. The number of ether oxygens (including phenoxy) is 1. The molecule has 0 aliphatic heterocycles. The standard InChI is InChI=1S/C17H20BrNO/c1-3-10-19-12-14-5-4-13(2)17(11-14)20-16-8-6-15(18)7-9-16/h4-9,11,19H,3,10,12H2,1-2H3. The fraction of sp³-hybridized carbons (Fsp3) is 0.294. The highest BCUT2D eigenvalue weighted by Crippen LogP contribution is 2.27. The van der Waals surface area contributed by atoms with Crippen LogP contribution in [0.25, 0.3) is 0 Å². The van der Waals surface area contributed by atoms with Crippen molar-refractivity contribution in [2.24, 2.45) is 0 Å². The van der Waals surface area contributed by atoms with Gasteiger partial charge in [0.15, 0.2) is 0 Å². The molecule has 0 aromatic heterocycles. The first-order valence-corrected chi connectivity index (χ1v) is 7.72. The van der Waals surface area contributed by atoms with E-state index in [4.69, 9.17) is 4.74 Å². The van der Waals surface area contributed by atoms with E-state index in [-0.39, 0.29) is 0 Å². The zero-order valence-corrected chi connectivity index (χ0v) is 13.5. The Morgan fingerprint density at radius 2 is 1.85 bits per heavy atom. The lowest BCUT2D eigenvalue weighted by molar-refractivity contribution is 0.477. The van der Waals surface area contributed by atoms with Gasteiger partial charge in [-0.05, 0) is 61.3 Å². The van der Waals surface area contributed by atoms with Crippen LogP contribution in [0.15, 0.2) is 46.9 Å². The summed E-state index contributed by atoms with van der Waals surface area (Å²) >= 11 is 3.43. The van der Waals surface area contributed by atoms with Gasteiger partial charge in [0.1, 0.15) is 11.5 Å². The number of rotatable bonds is 6. The molecule has 0 aliphatic rings. The van der Waals surface area contributed by atoms with Crippen LogP contribution in [0.5, 0.6) is 11.5 Å². The maximum absolute atomic E-state index is 5.96. The van der Waals surface area contributed by atoms with Crippen molar-refractivity contribution < 1.29 is 4.74 Å². The lowest BCUT2D eigenvalue weighted by atomic mass is 10.1. The van der Waals surface area contributed by atoms with Gasteiger partial charge < -0.3 is 10.1 Å². The number of hydrogen-bond acceptors (Lipinski definition) is 2. The highest BCUT2D eigenvalue weighted by Gasteiger charge is 2.03. The molecule has 0 bridgehead atoms. The van der Waals surface area contributed by atoms with Gasteiger partial charge in [-0.15, -0.1) is 0 Å². The van der Waals surface area contributed by atoms with Crippen LogP contribution in [-0.4, -0.2) is 6.54 Å². The molecule has 0 aliphatic carbocycles. The molecule has 0 amide bonds. The Morgan fingerprint density at radius 3 is 2.55 bits per heavy atom. The molecule has 0 saturated heterocycles. The first kappa shape index (κ1) is 15.1. The molecular formula is C17H20BrNO. The Balaban J connectivity index is 2.09. The third-order valence-corrected chi connectivity index (χ3v) is 3.58. The Kier molecular flexibility index (Phi) is 5.62. The Labute approximate surface area is 129 Å². The van der Waals surface area contributed by atoms with Gasteiger partial charge in [-0.2, -0.15) is 0 Å². The summed E-state index contributed by atoms with van der Waals surface area (Å²) < 4.78 is 7.02. The van der Waals surface area contributed by atoms with Crippen molar-refractivity contribution in [2.75, 3.05) is 6.54 Å². The van der Waals surface area contributed by atoms with E-state index >= 15 is 0 Å². The van der Waals surface area contributed by atoms with Crippen LogP contribution in [0.1, 0.15) is 24.5 Å². The van der Waals surface area contributed by atoms with Crippen molar-refractivity contribution in [3.63, 3.8) is 0 Å². The van der Waals surface area contributed by atoms with E-state index in [1.54, 1.807) is 0 Å². The van der Waals surface area contributed by atoms with Crippen molar-refractivity contribution in [3.8, 4) is 11.5 Å². The minimum atomic E-state index is 0.856. The smallest absolute Gasteiger partial charge is 0.130 e. The van der Waals surface area contributed by atoms with E-state index in [2.05, 4.69) is 53.3 Å². The number of halogens is 1. The van der Waals surface area contributed by atoms with E-state index in [1.165, 1.54) is 5.56 Å². The molecular weight excluding hydrogens is 314 g/mol. The summed E-state index contributed by atoms with van der Waals surface area (Å²) in [6.45, 7) is 6.16. The molecule has 2 nitrogen and oxygen atoms in total. The molecule has 0 saturated carbocycles. The van der Waals surface area contributed by atoms with Crippen molar-refractivity contribution in [2.45, 2.75) is 26.8 Å². The Bertz CT molecular complexity index is 551.